The van der Waals surface area contributed by atoms with Crippen LogP contribution in [0, 0.1) is 0 Å². The number of hydrogen-bond acceptors (Lipinski definition) is 3. The summed E-state index contributed by atoms with van der Waals surface area (Å²) in [5.74, 6) is -0.0492. The molecule has 1 aromatic heterocycles. The van der Waals surface area contributed by atoms with Gasteiger partial charge in [0.05, 0.1) is 5.56 Å². The highest BCUT2D eigenvalue weighted by Crippen LogP contribution is 2.19. The summed E-state index contributed by atoms with van der Waals surface area (Å²) < 4.78 is 0. The molecule has 2 N–H and O–H groups in total. The largest absolute Gasteiger partial charge is 0.339 e. The summed E-state index contributed by atoms with van der Waals surface area (Å²) in [6.45, 7) is 1.46. The number of nitrogens with one attached hydrogen (secondary N) is 2. The molecule has 0 spiro atoms. The van der Waals surface area contributed by atoms with E-state index in [2.05, 4.69) is 10.3 Å². The summed E-state index contributed by atoms with van der Waals surface area (Å²) in [5, 5.41) is 4.05. The Balaban J connectivity index is 0.00000176. The van der Waals surface area contributed by atoms with Crippen molar-refractivity contribution in [2.24, 2.45) is 0 Å². The van der Waals surface area contributed by atoms with Crippen molar-refractivity contribution in [3.63, 3.8) is 0 Å². The fourth-order valence-corrected chi connectivity index (χ4v) is 2.92. The summed E-state index contributed by atoms with van der Waals surface area (Å²) >= 11 is 0. The van der Waals surface area contributed by atoms with Gasteiger partial charge in [0.25, 0.3) is 5.91 Å². The van der Waals surface area contributed by atoms with Gasteiger partial charge in [0, 0.05) is 36.1 Å². The Labute approximate surface area is 135 Å². The molecule has 0 unspecified atom stereocenters. The minimum absolute atomic E-state index is 0. The van der Waals surface area contributed by atoms with Gasteiger partial charge in [-0.05, 0) is 26.0 Å². The average molecular weight is 322 g/mol. The molecule has 22 heavy (non-hydrogen) atoms. The maximum atomic E-state index is 12.7. The van der Waals surface area contributed by atoms with Gasteiger partial charge >= 0.3 is 0 Å². The molecule has 2 heterocycles. The third-order valence-corrected chi connectivity index (χ3v) is 4.17. The van der Waals surface area contributed by atoms with Gasteiger partial charge < -0.3 is 15.2 Å². The molecule has 1 amide bonds. The number of piperidine rings is 1. The van der Waals surface area contributed by atoms with E-state index in [1.54, 1.807) is 0 Å². The van der Waals surface area contributed by atoms with Gasteiger partial charge in [-0.25, -0.2) is 0 Å². The molecule has 2 aromatic rings. The molecule has 6 heteroatoms. The number of halogens is 1. The Kier molecular flexibility index (Phi) is 5.21. The van der Waals surface area contributed by atoms with E-state index in [4.69, 9.17) is 0 Å². The Morgan fingerprint density at radius 2 is 1.95 bits per heavy atom. The zero-order valence-corrected chi connectivity index (χ0v) is 13.3. The number of carbonyl (C=O) groups excluding carboxylic acids is 1. The van der Waals surface area contributed by atoms with Crippen LogP contribution in [0.15, 0.2) is 35.1 Å². The van der Waals surface area contributed by atoms with E-state index in [0.717, 1.165) is 31.3 Å². The summed E-state index contributed by atoms with van der Waals surface area (Å²) in [6, 6.07) is 9.31. The lowest BCUT2D eigenvalue weighted by atomic mass is 10.0. The van der Waals surface area contributed by atoms with Crippen LogP contribution in [0.5, 0.6) is 0 Å². The molecule has 5 nitrogen and oxygen atoms in total. The predicted molar refractivity (Wildman–Crippen MR) is 89.8 cm³/mol. The molecule has 0 bridgehead atoms. The van der Waals surface area contributed by atoms with Crippen LogP contribution in [0.25, 0.3) is 10.9 Å². The number of likely N-dealkylation sites (tertiary alicyclic amines) is 1. The molecule has 1 aliphatic heterocycles. The van der Waals surface area contributed by atoms with Crippen molar-refractivity contribution >= 4 is 29.2 Å². The van der Waals surface area contributed by atoms with Crippen LogP contribution in [0.4, 0.5) is 0 Å². The smallest absolute Gasteiger partial charge is 0.254 e. The molecule has 1 saturated heterocycles. The van der Waals surface area contributed by atoms with Crippen molar-refractivity contribution in [1.29, 1.82) is 0 Å². The van der Waals surface area contributed by atoms with Crippen LogP contribution in [0.3, 0.4) is 0 Å². The number of fused-ring (bicyclic) bond motifs is 1. The SMILES string of the molecule is CNC1CCN(C(=O)c2cc(=O)[nH]c3ccccc23)CC1.Cl. The number of amides is 1. The lowest BCUT2D eigenvalue weighted by Crippen LogP contribution is -2.44. The third-order valence-electron chi connectivity index (χ3n) is 4.17. The minimum atomic E-state index is -0.234. The average Bonchev–Trinajstić information content (AvgIpc) is 2.53. The van der Waals surface area contributed by atoms with Gasteiger partial charge in [-0.3, -0.25) is 9.59 Å². The quantitative estimate of drug-likeness (QED) is 0.886. The van der Waals surface area contributed by atoms with E-state index in [9.17, 15) is 9.59 Å². The molecule has 118 valence electrons. The first kappa shape index (κ1) is 16.5. The van der Waals surface area contributed by atoms with Gasteiger partial charge in [-0.2, -0.15) is 0 Å². The molecular weight excluding hydrogens is 302 g/mol. The highest BCUT2D eigenvalue weighted by atomic mass is 35.5. The number of carbonyl (C=O) groups is 1. The zero-order chi connectivity index (χ0) is 14.8. The molecule has 1 fully saturated rings. The van der Waals surface area contributed by atoms with Crippen LogP contribution >= 0.6 is 12.4 Å². The van der Waals surface area contributed by atoms with Crippen molar-refractivity contribution in [3.8, 4) is 0 Å². The second-order valence-corrected chi connectivity index (χ2v) is 5.45. The normalized spacial score (nSPS) is 15.6. The minimum Gasteiger partial charge on any atom is -0.339 e. The molecule has 0 saturated carbocycles. The van der Waals surface area contributed by atoms with E-state index in [1.165, 1.54) is 6.07 Å². The van der Waals surface area contributed by atoms with Gasteiger partial charge in [0.15, 0.2) is 0 Å². The monoisotopic (exact) mass is 321 g/mol. The Morgan fingerprint density at radius 1 is 1.27 bits per heavy atom. The fraction of sp³-hybridized carbons (Fsp3) is 0.375. The van der Waals surface area contributed by atoms with Crippen molar-refractivity contribution in [2.75, 3.05) is 20.1 Å². The van der Waals surface area contributed by atoms with Crippen LogP contribution in [-0.2, 0) is 0 Å². The first-order valence-electron chi connectivity index (χ1n) is 7.27. The van der Waals surface area contributed by atoms with Gasteiger partial charge in [-0.1, -0.05) is 18.2 Å². The Morgan fingerprint density at radius 3 is 2.64 bits per heavy atom. The number of aromatic amines is 1. The van der Waals surface area contributed by atoms with Crippen molar-refractivity contribution in [1.82, 2.24) is 15.2 Å². The number of hydrogen-bond donors (Lipinski definition) is 2. The predicted octanol–water partition coefficient (Wildman–Crippen LogP) is 1.77. The lowest BCUT2D eigenvalue weighted by Gasteiger charge is -2.32. The van der Waals surface area contributed by atoms with Crippen LogP contribution < -0.4 is 10.9 Å². The number of benzene rings is 1. The van der Waals surface area contributed by atoms with Crippen molar-refractivity contribution < 1.29 is 4.79 Å². The van der Waals surface area contributed by atoms with Crippen molar-refractivity contribution in [3.05, 3.63) is 46.2 Å². The molecular formula is C16H20ClN3O2. The molecule has 1 aromatic carbocycles. The third kappa shape index (κ3) is 3.15. The number of rotatable bonds is 2. The Hall–Kier alpha value is -1.85. The van der Waals surface area contributed by atoms with E-state index < -0.39 is 0 Å². The van der Waals surface area contributed by atoms with E-state index in [-0.39, 0.29) is 23.9 Å². The van der Waals surface area contributed by atoms with Crippen LogP contribution in [-0.4, -0.2) is 42.0 Å². The van der Waals surface area contributed by atoms with Gasteiger partial charge in [0.1, 0.15) is 0 Å². The first-order chi connectivity index (χ1) is 10.2. The maximum absolute atomic E-state index is 12.7. The molecule has 3 rings (SSSR count). The highest BCUT2D eigenvalue weighted by Gasteiger charge is 2.24. The molecule has 0 aliphatic carbocycles. The van der Waals surface area contributed by atoms with E-state index in [1.807, 2.05) is 36.2 Å². The van der Waals surface area contributed by atoms with E-state index >= 15 is 0 Å². The first-order valence-corrected chi connectivity index (χ1v) is 7.27. The number of nitrogens with zero attached hydrogens (tertiary/aromatic N) is 1. The number of aromatic nitrogens is 1. The van der Waals surface area contributed by atoms with E-state index in [0.29, 0.717) is 17.1 Å². The second kappa shape index (κ2) is 6.94. The number of H-pyrrole nitrogens is 1. The molecule has 0 atom stereocenters. The van der Waals surface area contributed by atoms with Gasteiger partial charge in [-0.15, -0.1) is 12.4 Å². The van der Waals surface area contributed by atoms with Crippen LogP contribution in [0.2, 0.25) is 0 Å². The Bertz CT molecular complexity index is 721. The topological polar surface area (TPSA) is 65.2 Å². The van der Waals surface area contributed by atoms with Gasteiger partial charge in [0.2, 0.25) is 5.56 Å². The molecule has 0 radical (unpaired) electrons. The molecule has 1 aliphatic rings. The highest BCUT2D eigenvalue weighted by molar-refractivity contribution is 6.05. The summed E-state index contributed by atoms with van der Waals surface area (Å²) in [4.78, 5) is 29.1. The summed E-state index contributed by atoms with van der Waals surface area (Å²) in [6.07, 6.45) is 1.90. The fourth-order valence-electron chi connectivity index (χ4n) is 2.92. The number of para-hydroxylation sites is 1. The van der Waals surface area contributed by atoms with Crippen molar-refractivity contribution in [2.45, 2.75) is 18.9 Å². The standard InChI is InChI=1S/C16H19N3O2.ClH/c1-17-11-6-8-19(9-7-11)16(21)13-10-15(20)18-14-5-3-2-4-12(13)14;/h2-5,10-11,17H,6-9H2,1H3,(H,18,20);1H. The summed E-state index contributed by atoms with van der Waals surface area (Å²) in [7, 11) is 1.95. The summed E-state index contributed by atoms with van der Waals surface area (Å²) in [5.41, 5.74) is 0.970. The van der Waals surface area contributed by atoms with Crippen LogP contribution in [0.1, 0.15) is 23.2 Å². The number of pyridine rings is 1. The maximum Gasteiger partial charge on any atom is 0.254 e. The lowest BCUT2D eigenvalue weighted by molar-refractivity contribution is 0.0709. The second-order valence-electron chi connectivity index (χ2n) is 5.45. The zero-order valence-electron chi connectivity index (χ0n) is 12.5.